The smallest absolute Gasteiger partial charge is 0.475 e. The fourth-order valence-corrected chi connectivity index (χ4v) is 4.71. The van der Waals surface area contributed by atoms with Crippen LogP contribution in [0.2, 0.25) is 0 Å². The summed E-state index contributed by atoms with van der Waals surface area (Å²) < 4.78 is 60.5. The van der Waals surface area contributed by atoms with E-state index in [1.807, 2.05) is 10.7 Å². The highest BCUT2D eigenvalue weighted by molar-refractivity contribution is 7.89. The summed E-state index contributed by atoms with van der Waals surface area (Å²) in [5.74, 6) is -2.76. The van der Waals surface area contributed by atoms with Crippen molar-refractivity contribution in [3.8, 4) is 0 Å². The van der Waals surface area contributed by atoms with E-state index in [1.165, 1.54) is 19.3 Å². The molecule has 12 heteroatoms. The highest BCUT2D eigenvalue weighted by Gasteiger charge is 2.38. The molecular formula is C17H27F3N4O4S. The number of nitrogens with zero attached hydrogens (tertiary/aromatic N) is 4. The number of aromatic nitrogens is 2. The van der Waals surface area contributed by atoms with Crippen LogP contribution < -0.4 is 0 Å². The van der Waals surface area contributed by atoms with Gasteiger partial charge in [-0.05, 0) is 45.8 Å². The number of hydrogen-bond acceptors (Lipinski definition) is 5. The monoisotopic (exact) mass is 440 g/mol. The first-order valence-corrected chi connectivity index (χ1v) is 11.0. The molecule has 29 heavy (non-hydrogen) atoms. The van der Waals surface area contributed by atoms with Crippen molar-refractivity contribution in [2.24, 2.45) is 0 Å². The molecule has 2 aliphatic heterocycles. The van der Waals surface area contributed by atoms with Gasteiger partial charge in [-0.3, -0.25) is 4.68 Å². The molecule has 0 saturated carbocycles. The van der Waals surface area contributed by atoms with Crippen LogP contribution in [-0.2, 0) is 21.4 Å². The molecule has 0 radical (unpaired) electrons. The van der Waals surface area contributed by atoms with Crippen molar-refractivity contribution in [3.63, 3.8) is 0 Å². The molecule has 8 nitrogen and oxygen atoms in total. The average molecular weight is 440 g/mol. The van der Waals surface area contributed by atoms with Crippen molar-refractivity contribution in [2.75, 3.05) is 26.2 Å². The van der Waals surface area contributed by atoms with Crippen molar-refractivity contribution in [1.82, 2.24) is 19.0 Å². The summed E-state index contributed by atoms with van der Waals surface area (Å²) >= 11 is 0. The Morgan fingerprint density at radius 1 is 1.28 bits per heavy atom. The van der Waals surface area contributed by atoms with Crippen molar-refractivity contribution in [1.29, 1.82) is 0 Å². The Kier molecular flexibility index (Phi) is 7.68. The van der Waals surface area contributed by atoms with Crippen molar-refractivity contribution in [3.05, 3.63) is 18.0 Å². The van der Waals surface area contributed by atoms with Crippen LogP contribution in [-0.4, -0.2) is 76.1 Å². The Bertz CT molecular complexity index is 789. The van der Waals surface area contributed by atoms with Gasteiger partial charge in [-0.15, -0.1) is 0 Å². The minimum absolute atomic E-state index is 0.116. The third kappa shape index (κ3) is 6.16. The Balaban J connectivity index is 0.000000370. The topological polar surface area (TPSA) is 95.7 Å². The molecule has 3 rings (SSSR count). The summed E-state index contributed by atoms with van der Waals surface area (Å²) in [5.41, 5.74) is 0.998. The molecule has 1 saturated heterocycles. The van der Waals surface area contributed by atoms with Crippen LogP contribution in [0.4, 0.5) is 13.2 Å². The summed E-state index contributed by atoms with van der Waals surface area (Å²) in [6, 6.07) is 2.05. The number of sulfonamides is 1. The number of carboxylic acid groups (broad SMARTS) is 1. The second-order valence-electron chi connectivity index (χ2n) is 7.47. The Labute approximate surface area is 168 Å². The average Bonchev–Trinajstić information content (AvgIpc) is 3.11. The first-order chi connectivity index (χ1) is 13.4. The molecular weight excluding hydrogens is 413 g/mol. The second kappa shape index (κ2) is 9.43. The maximum Gasteiger partial charge on any atom is 0.490 e. The van der Waals surface area contributed by atoms with Gasteiger partial charge in [-0.25, -0.2) is 13.2 Å². The number of halogens is 3. The number of likely N-dealkylation sites (tertiary alicyclic amines) is 1. The van der Waals surface area contributed by atoms with Crippen molar-refractivity contribution >= 4 is 16.0 Å². The van der Waals surface area contributed by atoms with E-state index in [0.717, 1.165) is 25.3 Å². The van der Waals surface area contributed by atoms with Gasteiger partial charge in [0.2, 0.25) is 10.0 Å². The second-order valence-corrected chi connectivity index (χ2v) is 9.96. The summed E-state index contributed by atoms with van der Waals surface area (Å²) in [4.78, 5) is 11.3. The zero-order chi connectivity index (χ0) is 21.8. The van der Waals surface area contributed by atoms with Gasteiger partial charge in [0.15, 0.2) is 0 Å². The fourth-order valence-electron chi connectivity index (χ4n) is 3.42. The molecule has 0 spiro atoms. The third-order valence-corrected chi connectivity index (χ3v) is 7.16. The molecule has 1 aromatic heterocycles. The minimum atomic E-state index is -5.08. The number of alkyl halides is 3. The maximum absolute atomic E-state index is 12.5. The highest BCUT2D eigenvalue weighted by atomic mass is 32.2. The number of rotatable bonds is 4. The van der Waals surface area contributed by atoms with Crippen molar-refractivity contribution < 1.29 is 31.5 Å². The molecule has 0 bridgehead atoms. The number of hydrogen-bond donors (Lipinski definition) is 1. The van der Waals surface area contributed by atoms with Gasteiger partial charge < -0.3 is 10.0 Å². The van der Waals surface area contributed by atoms with E-state index in [-0.39, 0.29) is 11.3 Å². The summed E-state index contributed by atoms with van der Waals surface area (Å²) in [6.45, 7) is 7.59. The summed E-state index contributed by atoms with van der Waals surface area (Å²) in [5, 5.41) is 11.2. The highest BCUT2D eigenvalue weighted by Crippen LogP contribution is 2.26. The number of fused-ring (bicyclic) bond motifs is 1. The summed E-state index contributed by atoms with van der Waals surface area (Å²) in [6.07, 6.45) is 0.492. The van der Waals surface area contributed by atoms with Gasteiger partial charge in [0.1, 0.15) is 0 Å². The van der Waals surface area contributed by atoms with Crippen LogP contribution in [0.25, 0.3) is 0 Å². The van der Waals surface area contributed by atoms with Gasteiger partial charge in [0, 0.05) is 19.3 Å². The Morgan fingerprint density at radius 3 is 2.38 bits per heavy atom. The minimum Gasteiger partial charge on any atom is -0.475 e. The zero-order valence-corrected chi connectivity index (χ0v) is 17.3. The van der Waals surface area contributed by atoms with E-state index in [9.17, 15) is 21.6 Å². The zero-order valence-electron chi connectivity index (χ0n) is 16.5. The van der Waals surface area contributed by atoms with Crippen LogP contribution in [0, 0.1) is 0 Å². The molecule has 1 N–H and O–H groups in total. The van der Waals surface area contributed by atoms with Gasteiger partial charge in [-0.2, -0.15) is 22.6 Å². The quantitative estimate of drug-likeness (QED) is 0.770. The number of carboxylic acids is 1. The molecule has 166 valence electrons. The molecule has 2 aliphatic rings. The van der Waals surface area contributed by atoms with E-state index in [1.54, 1.807) is 24.3 Å². The van der Waals surface area contributed by atoms with Crippen LogP contribution in [0.15, 0.2) is 12.3 Å². The molecule has 3 heterocycles. The van der Waals surface area contributed by atoms with Crippen LogP contribution in [0.1, 0.15) is 44.8 Å². The van der Waals surface area contributed by atoms with Gasteiger partial charge in [0.05, 0.1) is 23.5 Å². The van der Waals surface area contributed by atoms with E-state index in [4.69, 9.17) is 9.90 Å². The van der Waals surface area contributed by atoms with Crippen molar-refractivity contribution in [2.45, 2.75) is 57.1 Å². The van der Waals surface area contributed by atoms with Crippen LogP contribution in [0.5, 0.6) is 0 Å². The molecule has 1 fully saturated rings. The molecule has 0 aliphatic carbocycles. The summed E-state index contributed by atoms with van der Waals surface area (Å²) in [7, 11) is -3.22. The first-order valence-electron chi connectivity index (χ1n) is 9.46. The van der Waals surface area contributed by atoms with Crippen LogP contribution in [0.3, 0.4) is 0 Å². The molecule has 0 aromatic carbocycles. The van der Waals surface area contributed by atoms with Gasteiger partial charge >= 0.3 is 12.1 Å². The van der Waals surface area contributed by atoms with Gasteiger partial charge in [0.25, 0.3) is 0 Å². The molecule has 0 amide bonds. The number of piperidine rings is 1. The number of carbonyl (C=O) groups is 1. The van der Waals surface area contributed by atoms with Gasteiger partial charge in [-0.1, -0.05) is 6.42 Å². The fraction of sp³-hybridized carbons (Fsp3) is 0.765. The predicted octanol–water partition coefficient (Wildman–Crippen LogP) is 2.10. The van der Waals surface area contributed by atoms with E-state index in [2.05, 4.69) is 10.00 Å². The largest absolute Gasteiger partial charge is 0.490 e. The number of aliphatic carboxylic acids is 1. The van der Waals surface area contributed by atoms with E-state index < -0.39 is 22.2 Å². The lowest BCUT2D eigenvalue weighted by Crippen LogP contribution is -2.47. The van der Waals surface area contributed by atoms with E-state index in [0.29, 0.717) is 13.1 Å². The Morgan fingerprint density at radius 2 is 1.86 bits per heavy atom. The first kappa shape index (κ1) is 23.6. The van der Waals surface area contributed by atoms with Crippen LogP contribution >= 0.6 is 0 Å². The molecule has 1 aromatic rings. The SMILES string of the molecule is CC(C)S(=O)(=O)N1Cc2ccnn2C(CN2CCCCC2)C1.O=C(O)C(F)(F)F. The molecule has 1 unspecified atom stereocenters. The third-order valence-electron chi connectivity index (χ3n) is 4.97. The predicted molar refractivity (Wildman–Crippen MR) is 99.7 cm³/mol. The lowest BCUT2D eigenvalue weighted by Gasteiger charge is -2.37. The lowest BCUT2D eigenvalue weighted by atomic mass is 10.1. The maximum atomic E-state index is 12.5. The lowest BCUT2D eigenvalue weighted by molar-refractivity contribution is -0.192. The van der Waals surface area contributed by atoms with E-state index >= 15 is 0 Å². The Hall–Kier alpha value is -1.66. The standard InChI is InChI=1S/C15H26N4O2S.C2HF3O2/c1-13(2)22(20,21)18-11-14-6-7-16-19(14)15(12-18)10-17-8-4-3-5-9-17;3-2(4,5)1(6)7/h6-7,13,15H,3-5,8-12H2,1-2H3;(H,6,7). The molecule has 1 atom stereocenters. The normalized spacial score (nSPS) is 21.4.